The Hall–Kier alpha value is -3.75. The molecule has 0 aliphatic carbocycles. The summed E-state index contributed by atoms with van der Waals surface area (Å²) in [6.45, 7) is 3.42. The second-order valence-corrected chi connectivity index (χ2v) is 6.46. The third kappa shape index (κ3) is 2.29. The number of hydrogen-bond acceptors (Lipinski definition) is 5. The Bertz CT molecular complexity index is 1310. The van der Waals surface area contributed by atoms with E-state index in [1.807, 2.05) is 0 Å². The van der Waals surface area contributed by atoms with E-state index >= 15 is 0 Å². The molecule has 4 rings (SSSR count). The largest absolute Gasteiger partial charge is 0.508 e. The number of aromatic hydroxyl groups is 1. The first-order valence-electron chi connectivity index (χ1n) is 8.27. The number of nitrogens with zero attached hydrogens (tertiary/aromatic N) is 3. The Balaban J connectivity index is 2.27. The lowest BCUT2D eigenvalue weighted by Crippen LogP contribution is -2.14. The van der Waals surface area contributed by atoms with Gasteiger partial charge in [0.2, 0.25) is 0 Å². The lowest BCUT2D eigenvalue weighted by atomic mass is 10.1. The van der Waals surface area contributed by atoms with Gasteiger partial charge < -0.3 is 16.6 Å². The highest BCUT2D eigenvalue weighted by molar-refractivity contribution is 6.10. The Labute approximate surface area is 157 Å². The highest BCUT2D eigenvalue weighted by atomic mass is 19.1. The Morgan fingerprint density at radius 2 is 1.64 bits per heavy atom. The number of halogens is 2. The van der Waals surface area contributed by atoms with Crippen molar-refractivity contribution in [1.29, 1.82) is 0 Å². The van der Waals surface area contributed by atoms with E-state index in [1.165, 1.54) is 10.6 Å². The Kier molecular flexibility index (Phi) is 3.71. The molecule has 0 fully saturated rings. The number of nitrogen functional groups attached to an aromatic ring is 1. The van der Waals surface area contributed by atoms with Crippen molar-refractivity contribution >= 4 is 33.9 Å². The maximum atomic E-state index is 14.3. The molecule has 0 aliphatic heterocycles. The lowest BCUT2D eigenvalue weighted by Gasteiger charge is -2.15. The monoisotopic (exact) mass is 383 g/mol. The molecular formula is C19H15F2N5O2. The van der Waals surface area contributed by atoms with Crippen LogP contribution in [0.2, 0.25) is 0 Å². The van der Waals surface area contributed by atoms with Gasteiger partial charge in [0.05, 0.1) is 5.69 Å². The van der Waals surface area contributed by atoms with E-state index in [2.05, 4.69) is 9.97 Å². The van der Waals surface area contributed by atoms with Gasteiger partial charge in [-0.15, -0.1) is 0 Å². The zero-order valence-corrected chi connectivity index (χ0v) is 14.9. The summed E-state index contributed by atoms with van der Waals surface area (Å²) in [7, 11) is 0. The summed E-state index contributed by atoms with van der Waals surface area (Å²) in [5.41, 5.74) is 12.4. The minimum atomic E-state index is -0.887. The van der Waals surface area contributed by atoms with Gasteiger partial charge in [0, 0.05) is 5.56 Å². The number of primary amides is 1. The number of aromatic nitrogens is 3. The molecular weight excluding hydrogens is 368 g/mol. The van der Waals surface area contributed by atoms with Crippen LogP contribution in [-0.4, -0.2) is 25.5 Å². The molecule has 0 radical (unpaired) electrons. The average Bonchev–Trinajstić information content (AvgIpc) is 2.92. The fraction of sp³-hybridized carbons (Fsp3) is 0.105. The van der Waals surface area contributed by atoms with Gasteiger partial charge in [-0.25, -0.2) is 18.7 Å². The number of carbonyl (C=O) groups is 1. The molecule has 0 atom stereocenters. The number of rotatable bonds is 2. The van der Waals surface area contributed by atoms with Gasteiger partial charge in [-0.2, -0.15) is 0 Å². The molecule has 4 aromatic rings. The highest BCUT2D eigenvalue weighted by Crippen LogP contribution is 2.36. The minimum Gasteiger partial charge on any atom is -0.508 e. The number of fused-ring (bicyclic) bond motifs is 2. The molecule has 0 saturated heterocycles. The molecule has 2 heterocycles. The first-order chi connectivity index (χ1) is 13.2. The molecule has 2 aromatic carbocycles. The summed E-state index contributed by atoms with van der Waals surface area (Å²) in [4.78, 5) is 20.4. The molecule has 5 N–H and O–H groups in total. The quantitative estimate of drug-likeness (QED) is 0.492. The number of phenols is 1. The summed E-state index contributed by atoms with van der Waals surface area (Å²) < 4.78 is 29.8. The number of anilines is 1. The molecule has 1 amide bonds. The molecule has 28 heavy (non-hydrogen) atoms. The van der Waals surface area contributed by atoms with Crippen LogP contribution in [0.25, 0.3) is 27.9 Å². The number of carbonyl (C=O) groups excluding carboxylic acids is 1. The number of nitrogens with two attached hydrogens (primary N) is 2. The summed E-state index contributed by atoms with van der Waals surface area (Å²) in [5.74, 6) is -2.55. The molecule has 0 aliphatic rings. The predicted octanol–water partition coefficient (Wildman–Crippen LogP) is 2.86. The van der Waals surface area contributed by atoms with Crippen LogP contribution in [0.5, 0.6) is 5.75 Å². The van der Waals surface area contributed by atoms with Gasteiger partial charge in [0.15, 0.2) is 17.3 Å². The van der Waals surface area contributed by atoms with Crippen molar-refractivity contribution < 1.29 is 18.7 Å². The molecule has 2 aromatic heterocycles. The van der Waals surface area contributed by atoms with E-state index in [0.29, 0.717) is 16.8 Å². The van der Waals surface area contributed by atoms with E-state index in [9.17, 15) is 18.7 Å². The van der Waals surface area contributed by atoms with Crippen LogP contribution in [0, 0.1) is 25.5 Å². The fourth-order valence-corrected chi connectivity index (χ4v) is 3.37. The van der Waals surface area contributed by atoms with Crippen LogP contribution in [0.3, 0.4) is 0 Å². The summed E-state index contributed by atoms with van der Waals surface area (Å²) in [6, 6.07) is 5.03. The first-order valence-corrected chi connectivity index (χ1v) is 8.27. The standard InChI is InChI=1S/C19H15F2N5O2/c1-7-3-6-11(27)8(2)16(7)26-17(22)12(18(23)28)15-19(26)25-14-10(21)5-4-9(20)13(14)24-15/h3-6,27H,22H2,1-2H3,(H2,23,28). The van der Waals surface area contributed by atoms with Crippen molar-refractivity contribution in [2.24, 2.45) is 5.73 Å². The lowest BCUT2D eigenvalue weighted by molar-refractivity contribution is 0.100. The number of amides is 1. The van der Waals surface area contributed by atoms with Crippen LogP contribution in [-0.2, 0) is 0 Å². The first kappa shape index (κ1) is 17.7. The number of aryl methyl sites for hydroxylation is 1. The second-order valence-electron chi connectivity index (χ2n) is 6.46. The van der Waals surface area contributed by atoms with E-state index in [4.69, 9.17) is 11.5 Å². The zero-order chi connectivity index (χ0) is 20.3. The molecule has 142 valence electrons. The van der Waals surface area contributed by atoms with Gasteiger partial charge in [0.25, 0.3) is 5.91 Å². The van der Waals surface area contributed by atoms with Gasteiger partial charge >= 0.3 is 0 Å². The van der Waals surface area contributed by atoms with Gasteiger partial charge in [-0.3, -0.25) is 9.36 Å². The van der Waals surface area contributed by atoms with Crippen molar-refractivity contribution in [3.05, 3.63) is 52.6 Å². The number of hydrogen-bond donors (Lipinski definition) is 3. The van der Waals surface area contributed by atoms with E-state index in [1.54, 1.807) is 19.9 Å². The maximum absolute atomic E-state index is 14.3. The molecule has 9 heteroatoms. The zero-order valence-electron chi connectivity index (χ0n) is 14.9. The predicted molar refractivity (Wildman–Crippen MR) is 100 cm³/mol. The van der Waals surface area contributed by atoms with Crippen molar-refractivity contribution in [2.75, 3.05) is 5.73 Å². The summed E-state index contributed by atoms with van der Waals surface area (Å²) >= 11 is 0. The van der Waals surface area contributed by atoms with Gasteiger partial charge in [-0.1, -0.05) is 6.07 Å². The second kappa shape index (κ2) is 5.88. The molecule has 0 bridgehead atoms. The minimum absolute atomic E-state index is 0.00607. The molecule has 0 saturated carbocycles. The topological polar surface area (TPSA) is 120 Å². The molecule has 7 nitrogen and oxygen atoms in total. The fourth-order valence-electron chi connectivity index (χ4n) is 3.37. The maximum Gasteiger partial charge on any atom is 0.254 e. The van der Waals surface area contributed by atoms with Crippen LogP contribution in [0.4, 0.5) is 14.6 Å². The molecule has 0 unspecified atom stereocenters. The average molecular weight is 383 g/mol. The van der Waals surface area contributed by atoms with Crippen LogP contribution >= 0.6 is 0 Å². The van der Waals surface area contributed by atoms with Crippen molar-refractivity contribution in [1.82, 2.24) is 14.5 Å². The van der Waals surface area contributed by atoms with Crippen LogP contribution in [0.15, 0.2) is 24.3 Å². The number of phenolic OH excluding ortho intramolecular Hbond substituents is 1. The van der Waals surface area contributed by atoms with Gasteiger partial charge in [0.1, 0.15) is 33.7 Å². The molecule has 0 spiro atoms. The highest BCUT2D eigenvalue weighted by Gasteiger charge is 2.26. The Morgan fingerprint density at radius 3 is 2.25 bits per heavy atom. The normalized spacial score (nSPS) is 11.4. The van der Waals surface area contributed by atoms with E-state index in [0.717, 1.165) is 12.1 Å². The van der Waals surface area contributed by atoms with Crippen molar-refractivity contribution in [2.45, 2.75) is 13.8 Å². The SMILES string of the molecule is Cc1ccc(O)c(C)c1-n1c(N)c(C(N)=O)c2nc3c(F)ccc(F)c3nc21. The van der Waals surface area contributed by atoms with Crippen LogP contribution < -0.4 is 11.5 Å². The van der Waals surface area contributed by atoms with Crippen molar-refractivity contribution in [3.63, 3.8) is 0 Å². The van der Waals surface area contributed by atoms with E-state index in [-0.39, 0.29) is 39.3 Å². The third-order valence-corrected chi connectivity index (χ3v) is 4.73. The van der Waals surface area contributed by atoms with Crippen LogP contribution in [0.1, 0.15) is 21.5 Å². The summed E-state index contributed by atoms with van der Waals surface area (Å²) in [6.07, 6.45) is 0. The smallest absolute Gasteiger partial charge is 0.254 e. The third-order valence-electron chi connectivity index (χ3n) is 4.73. The summed E-state index contributed by atoms with van der Waals surface area (Å²) in [5, 5.41) is 10.1. The van der Waals surface area contributed by atoms with Gasteiger partial charge in [-0.05, 0) is 37.6 Å². The number of benzene rings is 2. The van der Waals surface area contributed by atoms with E-state index < -0.39 is 17.5 Å². The Morgan fingerprint density at radius 1 is 1.04 bits per heavy atom. The van der Waals surface area contributed by atoms with Crippen molar-refractivity contribution in [3.8, 4) is 11.4 Å².